The fourth-order valence-electron chi connectivity index (χ4n) is 2.87. The van der Waals surface area contributed by atoms with E-state index in [4.69, 9.17) is 4.74 Å². The Morgan fingerprint density at radius 3 is 2.17 bits per heavy atom. The van der Waals surface area contributed by atoms with Crippen molar-refractivity contribution >= 4 is 25.6 Å². The molecule has 0 radical (unpaired) electrons. The van der Waals surface area contributed by atoms with Crippen molar-refractivity contribution in [3.63, 3.8) is 0 Å². The standard InChI is InChI=1S/C14H18N2O5S2/c1-21-11-5-7-12(8-6-11)23(19,20)13(16-15)14(22(17)18)9-3-2-4-10-14/h5-8,22H,2-4,9-10H2,1H3. The molecule has 0 amide bonds. The summed E-state index contributed by atoms with van der Waals surface area (Å²) in [5.74, 6) is 0.466. The van der Waals surface area contributed by atoms with E-state index in [0.29, 0.717) is 18.6 Å². The average molecular weight is 358 g/mol. The molecule has 9 heteroatoms. The lowest BCUT2D eigenvalue weighted by atomic mass is 9.89. The number of hydrogen-bond acceptors (Lipinski definition) is 5. The minimum absolute atomic E-state index is 0.132. The van der Waals surface area contributed by atoms with Crippen LogP contribution in [0.5, 0.6) is 5.75 Å². The van der Waals surface area contributed by atoms with Crippen LogP contribution in [0, 0.1) is 0 Å². The molecule has 0 atom stereocenters. The molecular weight excluding hydrogens is 340 g/mol. The lowest BCUT2D eigenvalue weighted by Gasteiger charge is -2.27. The summed E-state index contributed by atoms with van der Waals surface area (Å²) in [6, 6.07) is 5.50. The van der Waals surface area contributed by atoms with Crippen LogP contribution in [0.1, 0.15) is 32.1 Å². The number of nitrogens with zero attached hydrogens (tertiary/aromatic N) is 2. The van der Waals surface area contributed by atoms with E-state index in [1.165, 1.54) is 31.4 Å². The summed E-state index contributed by atoms with van der Waals surface area (Å²) in [5, 5.41) is -0.689. The minimum atomic E-state index is -4.22. The maximum Gasteiger partial charge on any atom is 0.406 e. The molecular formula is C14H18N2O5S2. The van der Waals surface area contributed by atoms with Gasteiger partial charge in [0, 0.05) is 0 Å². The number of methoxy groups -OCH3 is 1. The van der Waals surface area contributed by atoms with Gasteiger partial charge in [-0.3, -0.25) is 0 Å². The molecule has 0 heterocycles. The lowest BCUT2D eigenvalue weighted by Crippen LogP contribution is -2.46. The summed E-state index contributed by atoms with van der Waals surface area (Å²) in [5.41, 5.74) is 9.31. The second-order valence-electron chi connectivity index (χ2n) is 5.43. The number of sulfone groups is 1. The Morgan fingerprint density at radius 1 is 1.17 bits per heavy atom. The monoisotopic (exact) mass is 358 g/mol. The Hall–Kier alpha value is -1.70. The van der Waals surface area contributed by atoms with E-state index < -0.39 is 30.3 Å². The van der Waals surface area contributed by atoms with Gasteiger partial charge >= 0.3 is 5.04 Å². The molecule has 2 rings (SSSR count). The van der Waals surface area contributed by atoms with Crippen molar-refractivity contribution in [2.24, 2.45) is 0 Å². The Bertz CT molecular complexity index is 792. The normalized spacial score (nSPS) is 17.5. The fraction of sp³-hybridized carbons (Fsp3) is 0.500. The Morgan fingerprint density at radius 2 is 1.74 bits per heavy atom. The van der Waals surface area contributed by atoms with E-state index >= 15 is 0 Å². The van der Waals surface area contributed by atoms with Gasteiger partial charge in [-0.15, -0.1) is 0 Å². The largest absolute Gasteiger partial charge is 0.497 e. The molecule has 1 aromatic carbocycles. The van der Waals surface area contributed by atoms with E-state index in [0.717, 1.165) is 6.42 Å². The van der Waals surface area contributed by atoms with E-state index in [1.54, 1.807) is 0 Å². The molecule has 1 aromatic rings. The maximum absolute atomic E-state index is 12.8. The van der Waals surface area contributed by atoms with Crippen molar-refractivity contribution in [2.75, 3.05) is 7.11 Å². The highest BCUT2D eigenvalue weighted by Crippen LogP contribution is 2.35. The van der Waals surface area contributed by atoms with Gasteiger partial charge in [-0.05, 0) is 37.1 Å². The van der Waals surface area contributed by atoms with Crippen LogP contribution in [0.15, 0.2) is 29.2 Å². The summed E-state index contributed by atoms with van der Waals surface area (Å²) in [7, 11) is -5.88. The minimum Gasteiger partial charge on any atom is -0.497 e. The maximum atomic E-state index is 12.8. The summed E-state index contributed by atoms with van der Waals surface area (Å²) >= 11 is 0. The van der Waals surface area contributed by atoms with Crippen LogP contribution in [0.25, 0.3) is 5.53 Å². The van der Waals surface area contributed by atoms with Crippen LogP contribution in [-0.4, -0.2) is 38.5 Å². The van der Waals surface area contributed by atoms with Crippen LogP contribution in [0.2, 0.25) is 0 Å². The predicted octanol–water partition coefficient (Wildman–Crippen LogP) is 1.41. The third kappa shape index (κ3) is 3.17. The molecule has 126 valence electrons. The van der Waals surface area contributed by atoms with Crippen LogP contribution < -0.4 is 4.74 Å². The summed E-state index contributed by atoms with van der Waals surface area (Å²) < 4.78 is 52.5. The number of thiol groups is 1. The quantitative estimate of drug-likeness (QED) is 0.287. The zero-order valence-corrected chi connectivity index (χ0v) is 14.3. The van der Waals surface area contributed by atoms with Gasteiger partial charge in [0.1, 0.15) is 5.75 Å². The number of benzene rings is 1. The van der Waals surface area contributed by atoms with Gasteiger partial charge in [0.05, 0.1) is 12.0 Å². The molecule has 0 aromatic heterocycles. The van der Waals surface area contributed by atoms with Gasteiger partial charge in [-0.2, -0.15) is 4.79 Å². The molecule has 0 spiro atoms. The van der Waals surface area contributed by atoms with E-state index in [9.17, 15) is 22.4 Å². The fourth-order valence-corrected chi connectivity index (χ4v) is 5.87. The number of rotatable bonds is 4. The van der Waals surface area contributed by atoms with E-state index in [2.05, 4.69) is 4.79 Å². The SMILES string of the molecule is COc1ccc(S(=O)(=O)C(=[N+]=[N-])C2([SH](=O)=O)CCCCC2)cc1. The molecule has 0 unspecified atom stereocenters. The molecule has 0 N–H and O–H groups in total. The van der Waals surface area contributed by atoms with E-state index in [1.807, 2.05) is 0 Å². The number of hydrogen-bond donors (Lipinski definition) is 1. The first kappa shape index (κ1) is 17.7. The summed E-state index contributed by atoms with van der Waals surface area (Å²) in [4.78, 5) is 2.78. The molecule has 1 aliphatic carbocycles. The first-order valence-corrected chi connectivity index (χ1v) is 9.81. The molecule has 23 heavy (non-hydrogen) atoms. The summed E-state index contributed by atoms with van der Waals surface area (Å²) in [6.45, 7) is 0. The third-order valence-corrected chi connectivity index (χ3v) is 7.53. The van der Waals surface area contributed by atoms with Crippen LogP contribution in [-0.2, 0) is 20.5 Å². The lowest BCUT2D eigenvalue weighted by molar-refractivity contribution is -0.00739. The first-order valence-electron chi connectivity index (χ1n) is 7.14. The number of ether oxygens (including phenoxy) is 1. The molecule has 1 fully saturated rings. The van der Waals surface area contributed by atoms with Crippen molar-refractivity contribution in [1.29, 1.82) is 0 Å². The second-order valence-corrected chi connectivity index (χ2v) is 8.67. The Kier molecular flexibility index (Phi) is 5.23. The van der Waals surface area contributed by atoms with Crippen molar-refractivity contribution < 1.29 is 26.4 Å². The third-order valence-electron chi connectivity index (χ3n) is 4.14. The van der Waals surface area contributed by atoms with Crippen molar-refractivity contribution in [3.8, 4) is 5.75 Å². The van der Waals surface area contributed by atoms with Crippen LogP contribution in [0.3, 0.4) is 0 Å². The highest BCUT2D eigenvalue weighted by atomic mass is 32.2. The molecule has 7 nitrogen and oxygen atoms in total. The molecule has 0 aliphatic heterocycles. The van der Waals surface area contributed by atoms with Gasteiger partial charge in [0.15, 0.2) is 15.5 Å². The topological polar surface area (TPSA) is 114 Å². The van der Waals surface area contributed by atoms with Crippen molar-refractivity contribution in [3.05, 3.63) is 29.8 Å². The highest BCUT2D eigenvalue weighted by Gasteiger charge is 2.54. The van der Waals surface area contributed by atoms with Crippen molar-refractivity contribution in [1.82, 2.24) is 0 Å². The Balaban J connectivity index is 2.56. The van der Waals surface area contributed by atoms with Gasteiger partial charge in [-0.25, -0.2) is 16.8 Å². The summed E-state index contributed by atoms with van der Waals surface area (Å²) in [6.07, 6.45) is 2.24. The molecule has 0 bridgehead atoms. The molecule has 1 aliphatic rings. The van der Waals surface area contributed by atoms with Crippen LogP contribution in [0.4, 0.5) is 0 Å². The Labute approximate surface area is 136 Å². The van der Waals surface area contributed by atoms with Crippen molar-refractivity contribution in [2.45, 2.75) is 41.7 Å². The zero-order chi connectivity index (χ0) is 17.1. The van der Waals surface area contributed by atoms with Crippen LogP contribution >= 0.6 is 0 Å². The van der Waals surface area contributed by atoms with E-state index in [-0.39, 0.29) is 17.7 Å². The smallest absolute Gasteiger partial charge is 0.406 e. The first-order chi connectivity index (χ1) is 10.9. The zero-order valence-electron chi connectivity index (χ0n) is 12.6. The molecule has 0 saturated heterocycles. The van der Waals surface area contributed by atoms with Gasteiger partial charge < -0.3 is 10.3 Å². The second kappa shape index (κ2) is 6.82. The average Bonchev–Trinajstić information content (AvgIpc) is 2.56. The van der Waals surface area contributed by atoms with Gasteiger partial charge in [-0.1, -0.05) is 19.3 Å². The molecule has 1 saturated carbocycles. The highest BCUT2D eigenvalue weighted by molar-refractivity contribution is 8.07. The van der Waals surface area contributed by atoms with Gasteiger partial charge in [0.2, 0.25) is 0 Å². The predicted molar refractivity (Wildman–Crippen MR) is 84.9 cm³/mol. The van der Waals surface area contributed by atoms with Gasteiger partial charge in [0.25, 0.3) is 9.84 Å².